The first-order chi connectivity index (χ1) is 7.22. The lowest BCUT2D eigenvalue weighted by molar-refractivity contribution is 0.100. The highest BCUT2D eigenvalue weighted by Crippen LogP contribution is 2.29. The van der Waals surface area contributed by atoms with Gasteiger partial charge in [0.1, 0.15) is 5.82 Å². The minimum Gasteiger partial charge on any atom is -0.383 e. The second-order valence-electron chi connectivity index (χ2n) is 4.04. The average Bonchev–Trinajstić information content (AvgIpc) is 2.23. The topological polar surface area (TPSA) is 12.5 Å². The van der Waals surface area contributed by atoms with Crippen LogP contribution in [-0.2, 0) is 11.2 Å². The Morgan fingerprint density at radius 3 is 3.07 bits per heavy atom. The lowest BCUT2D eigenvalue weighted by Gasteiger charge is -2.34. The number of benzene rings is 1. The lowest BCUT2D eigenvalue weighted by atomic mass is 9.93. The summed E-state index contributed by atoms with van der Waals surface area (Å²) in [5.74, 6) is -0.162. The maximum absolute atomic E-state index is 13.2. The molecule has 82 valence electrons. The van der Waals surface area contributed by atoms with Crippen LogP contribution in [0.1, 0.15) is 17.2 Å². The quantitative estimate of drug-likeness (QED) is 0.738. The predicted octanol–water partition coefficient (Wildman–Crippen LogP) is 2.00. The molecular weight excluding hydrogens is 193 g/mol. The molecule has 1 aromatic rings. The van der Waals surface area contributed by atoms with Crippen molar-refractivity contribution >= 4 is 0 Å². The Morgan fingerprint density at radius 1 is 1.53 bits per heavy atom. The van der Waals surface area contributed by atoms with Crippen LogP contribution < -0.4 is 0 Å². The van der Waals surface area contributed by atoms with Crippen molar-refractivity contribution in [3.05, 3.63) is 35.1 Å². The molecule has 1 aliphatic rings. The van der Waals surface area contributed by atoms with E-state index < -0.39 is 0 Å². The Labute approximate surface area is 89.7 Å². The third-order valence-electron chi connectivity index (χ3n) is 3.06. The summed E-state index contributed by atoms with van der Waals surface area (Å²) in [6.07, 6.45) is 0.992. The van der Waals surface area contributed by atoms with E-state index in [1.165, 1.54) is 11.6 Å². The van der Waals surface area contributed by atoms with Gasteiger partial charge >= 0.3 is 0 Å². The van der Waals surface area contributed by atoms with Crippen molar-refractivity contribution in [1.82, 2.24) is 4.90 Å². The Morgan fingerprint density at radius 2 is 2.33 bits per heavy atom. The summed E-state index contributed by atoms with van der Waals surface area (Å²) >= 11 is 0. The molecule has 0 aromatic heterocycles. The normalized spacial score (nSPS) is 21.4. The summed E-state index contributed by atoms with van der Waals surface area (Å²) in [6, 6.07) is 5.25. The zero-order chi connectivity index (χ0) is 10.8. The number of methoxy groups -OCH3 is 1. The molecule has 2 rings (SSSR count). The molecule has 0 N–H and O–H groups in total. The fraction of sp³-hybridized carbons (Fsp3) is 0.500. The molecule has 1 atom stereocenters. The first-order valence-corrected chi connectivity index (χ1v) is 5.20. The summed E-state index contributed by atoms with van der Waals surface area (Å²) in [6.45, 7) is 1.62. The zero-order valence-electron chi connectivity index (χ0n) is 9.16. The number of hydrogen-bond donors (Lipinski definition) is 0. The van der Waals surface area contributed by atoms with Gasteiger partial charge in [-0.3, -0.25) is 4.90 Å². The molecule has 0 radical (unpaired) electrons. The van der Waals surface area contributed by atoms with Crippen LogP contribution in [0.15, 0.2) is 18.2 Å². The van der Waals surface area contributed by atoms with E-state index >= 15 is 0 Å². The molecule has 2 nitrogen and oxygen atoms in total. The Hall–Kier alpha value is -0.930. The van der Waals surface area contributed by atoms with Gasteiger partial charge in [-0.15, -0.1) is 0 Å². The molecule has 1 aromatic carbocycles. The Kier molecular flexibility index (Phi) is 3.03. The number of ether oxygens (including phenoxy) is 1. The second-order valence-corrected chi connectivity index (χ2v) is 4.04. The minimum absolute atomic E-state index is 0.162. The summed E-state index contributed by atoms with van der Waals surface area (Å²) in [7, 11) is 3.74. The maximum atomic E-state index is 13.2. The number of halogens is 1. The molecule has 1 aliphatic heterocycles. The number of rotatable bonds is 2. The highest BCUT2D eigenvalue weighted by atomic mass is 19.1. The van der Waals surface area contributed by atoms with E-state index in [1.54, 1.807) is 13.2 Å². The summed E-state index contributed by atoms with van der Waals surface area (Å²) in [5, 5.41) is 0. The Bertz CT molecular complexity index is 353. The van der Waals surface area contributed by atoms with Gasteiger partial charge in [0.15, 0.2) is 0 Å². The van der Waals surface area contributed by atoms with E-state index in [4.69, 9.17) is 4.74 Å². The first kappa shape index (κ1) is 10.6. The molecule has 0 amide bonds. The van der Waals surface area contributed by atoms with E-state index in [1.807, 2.05) is 6.07 Å². The van der Waals surface area contributed by atoms with Gasteiger partial charge in [-0.1, -0.05) is 6.07 Å². The molecule has 0 saturated heterocycles. The van der Waals surface area contributed by atoms with E-state index in [9.17, 15) is 4.39 Å². The van der Waals surface area contributed by atoms with E-state index in [2.05, 4.69) is 11.9 Å². The van der Waals surface area contributed by atoms with Gasteiger partial charge in [-0.25, -0.2) is 4.39 Å². The first-order valence-electron chi connectivity index (χ1n) is 5.20. The van der Waals surface area contributed by atoms with Crippen LogP contribution in [0, 0.1) is 5.82 Å². The maximum Gasteiger partial charge on any atom is 0.123 e. The van der Waals surface area contributed by atoms with Crippen LogP contribution in [0.25, 0.3) is 0 Å². The molecule has 0 saturated carbocycles. The molecule has 1 heterocycles. The second kappa shape index (κ2) is 4.29. The number of likely N-dealkylation sites (N-methyl/N-ethyl adjacent to an activating group) is 1. The van der Waals surface area contributed by atoms with Crippen molar-refractivity contribution in [2.75, 3.05) is 27.3 Å². The van der Waals surface area contributed by atoms with Crippen molar-refractivity contribution in [1.29, 1.82) is 0 Å². The van der Waals surface area contributed by atoms with Crippen LogP contribution >= 0.6 is 0 Å². The van der Waals surface area contributed by atoms with Crippen LogP contribution in [0.5, 0.6) is 0 Å². The number of nitrogens with zero attached hydrogens (tertiary/aromatic N) is 1. The van der Waals surface area contributed by atoms with Gasteiger partial charge in [0, 0.05) is 13.7 Å². The molecule has 0 fully saturated rings. The van der Waals surface area contributed by atoms with Crippen LogP contribution in [0.4, 0.5) is 4.39 Å². The number of hydrogen-bond acceptors (Lipinski definition) is 2. The fourth-order valence-electron chi connectivity index (χ4n) is 2.17. The van der Waals surface area contributed by atoms with Crippen LogP contribution in [-0.4, -0.2) is 32.2 Å². The third-order valence-corrected chi connectivity index (χ3v) is 3.06. The van der Waals surface area contributed by atoms with Crippen molar-refractivity contribution in [3.8, 4) is 0 Å². The Balaban J connectivity index is 2.36. The summed E-state index contributed by atoms with van der Waals surface area (Å²) in [4.78, 5) is 2.21. The van der Waals surface area contributed by atoms with Gasteiger partial charge in [-0.2, -0.15) is 0 Å². The largest absolute Gasteiger partial charge is 0.383 e. The molecule has 3 heteroatoms. The van der Waals surface area contributed by atoms with Crippen molar-refractivity contribution in [3.63, 3.8) is 0 Å². The van der Waals surface area contributed by atoms with Crippen LogP contribution in [0.2, 0.25) is 0 Å². The molecule has 0 bridgehead atoms. The summed E-state index contributed by atoms with van der Waals surface area (Å²) in [5.41, 5.74) is 2.32. The van der Waals surface area contributed by atoms with Gasteiger partial charge in [0.25, 0.3) is 0 Å². The van der Waals surface area contributed by atoms with E-state index in [0.717, 1.165) is 18.5 Å². The van der Waals surface area contributed by atoms with Crippen LogP contribution in [0.3, 0.4) is 0 Å². The number of fused-ring (bicyclic) bond motifs is 1. The molecule has 1 unspecified atom stereocenters. The average molecular weight is 209 g/mol. The molecule has 15 heavy (non-hydrogen) atoms. The summed E-state index contributed by atoms with van der Waals surface area (Å²) < 4.78 is 18.4. The highest BCUT2D eigenvalue weighted by molar-refractivity contribution is 5.33. The van der Waals surface area contributed by atoms with Crippen molar-refractivity contribution in [2.45, 2.75) is 12.5 Å². The van der Waals surface area contributed by atoms with Gasteiger partial charge in [0.05, 0.1) is 12.6 Å². The van der Waals surface area contributed by atoms with Crippen molar-refractivity contribution in [2.24, 2.45) is 0 Å². The van der Waals surface area contributed by atoms with Gasteiger partial charge in [-0.05, 0) is 36.7 Å². The SMILES string of the molecule is COCC1c2cc(F)ccc2CCN1C. The molecule has 0 spiro atoms. The minimum atomic E-state index is -0.162. The van der Waals surface area contributed by atoms with E-state index in [0.29, 0.717) is 6.61 Å². The zero-order valence-corrected chi connectivity index (χ0v) is 9.16. The standard InChI is InChI=1S/C12H16FNO/c1-14-6-5-9-3-4-10(13)7-11(9)12(14)8-15-2/h3-4,7,12H,5-6,8H2,1-2H3. The third kappa shape index (κ3) is 2.03. The van der Waals surface area contributed by atoms with Crippen molar-refractivity contribution < 1.29 is 9.13 Å². The molecule has 0 aliphatic carbocycles. The lowest BCUT2D eigenvalue weighted by Crippen LogP contribution is -2.34. The fourth-order valence-corrected chi connectivity index (χ4v) is 2.17. The highest BCUT2D eigenvalue weighted by Gasteiger charge is 2.24. The predicted molar refractivity (Wildman–Crippen MR) is 57.4 cm³/mol. The smallest absolute Gasteiger partial charge is 0.123 e. The van der Waals surface area contributed by atoms with E-state index in [-0.39, 0.29) is 11.9 Å². The van der Waals surface area contributed by atoms with Gasteiger partial charge < -0.3 is 4.74 Å². The van der Waals surface area contributed by atoms with Gasteiger partial charge in [0.2, 0.25) is 0 Å². The monoisotopic (exact) mass is 209 g/mol. The molecular formula is C12H16FNO.